The summed E-state index contributed by atoms with van der Waals surface area (Å²) in [4.78, 5) is 18.5. The van der Waals surface area contributed by atoms with Crippen LogP contribution in [0.1, 0.15) is 22.8 Å². The number of thiazole rings is 1. The Hall–Kier alpha value is -4.49. The van der Waals surface area contributed by atoms with Gasteiger partial charge in [-0.05, 0) is 42.3 Å². The molecule has 1 atom stereocenters. The number of benzene rings is 3. The lowest BCUT2D eigenvalue weighted by Crippen LogP contribution is -2.25. The average molecular weight is 490 g/mol. The number of hydrogen-bond acceptors (Lipinski definition) is 6. The molecule has 7 heteroatoms. The Kier molecular flexibility index (Phi) is 4.65. The maximum atomic E-state index is 13.3. The Balaban J connectivity index is 1.35. The molecule has 174 valence electrons. The van der Waals surface area contributed by atoms with E-state index in [-0.39, 0.29) is 11.7 Å². The zero-order valence-electron chi connectivity index (χ0n) is 19.2. The quantitative estimate of drug-likeness (QED) is 0.324. The molecule has 3 aromatic heterocycles. The van der Waals surface area contributed by atoms with Gasteiger partial charge >= 0.3 is 0 Å². The Labute approximate surface area is 209 Å². The van der Waals surface area contributed by atoms with Crippen molar-refractivity contribution in [2.24, 2.45) is 0 Å². The topological polar surface area (TPSA) is 69.6 Å². The van der Waals surface area contributed by atoms with Crippen LogP contribution < -0.4 is 14.8 Å². The maximum absolute atomic E-state index is 13.3. The first kappa shape index (κ1) is 20.8. The van der Waals surface area contributed by atoms with E-state index in [9.17, 15) is 4.79 Å². The Morgan fingerprint density at radius 1 is 0.972 bits per heavy atom. The van der Waals surface area contributed by atoms with Crippen LogP contribution in [0, 0.1) is 6.92 Å². The van der Waals surface area contributed by atoms with Crippen LogP contribution in [-0.2, 0) is 0 Å². The predicted octanol–water partition coefficient (Wildman–Crippen LogP) is 5.59. The van der Waals surface area contributed by atoms with Crippen molar-refractivity contribution in [3.05, 3.63) is 116 Å². The Morgan fingerprint density at radius 2 is 1.75 bits per heavy atom. The van der Waals surface area contributed by atoms with Gasteiger partial charge in [0.15, 0.2) is 5.76 Å². The largest absolute Gasteiger partial charge is 0.480 e. The van der Waals surface area contributed by atoms with Crippen LogP contribution in [0.5, 0.6) is 5.75 Å². The number of furan rings is 1. The minimum absolute atomic E-state index is 0.214. The first-order valence-electron chi connectivity index (χ1n) is 11.6. The molecule has 6 nitrogen and oxygen atoms in total. The molecule has 4 heterocycles. The van der Waals surface area contributed by atoms with E-state index >= 15 is 0 Å². The van der Waals surface area contributed by atoms with Crippen molar-refractivity contribution in [3.63, 3.8) is 0 Å². The normalized spacial score (nSPS) is 15.8. The molecule has 0 amide bonds. The van der Waals surface area contributed by atoms with Gasteiger partial charge < -0.3 is 9.15 Å². The molecular formula is C29H19N3O3S. The fraction of sp³-hybridized carbons (Fsp3) is 0.0690. The van der Waals surface area contributed by atoms with Gasteiger partial charge in [-0.25, -0.2) is 0 Å². The monoisotopic (exact) mass is 489 g/mol. The minimum Gasteiger partial charge on any atom is -0.480 e. The van der Waals surface area contributed by atoms with Crippen LogP contribution in [0.15, 0.2) is 93.6 Å². The first-order chi connectivity index (χ1) is 17.7. The van der Waals surface area contributed by atoms with Gasteiger partial charge in [0.05, 0.1) is 4.53 Å². The molecule has 36 heavy (non-hydrogen) atoms. The van der Waals surface area contributed by atoms with Crippen LogP contribution in [0.2, 0.25) is 0 Å². The molecule has 7 rings (SSSR count). The number of aromatic nitrogens is 3. The lowest BCUT2D eigenvalue weighted by atomic mass is 9.96. The summed E-state index contributed by atoms with van der Waals surface area (Å²) in [6.45, 7) is 1.98. The van der Waals surface area contributed by atoms with Gasteiger partial charge in [0, 0.05) is 16.5 Å². The van der Waals surface area contributed by atoms with Crippen LogP contribution in [0.25, 0.3) is 39.7 Å². The summed E-state index contributed by atoms with van der Waals surface area (Å²) >= 11 is 1.31. The second kappa shape index (κ2) is 8.03. The molecule has 1 aliphatic rings. The molecular weight excluding hydrogens is 470 g/mol. The van der Waals surface area contributed by atoms with Crippen LogP contribution in [0.3, 0.4) is 0 Å². The van der Waals surface area contributed by atoms with Crippen LogP contribution in [-0.4, -0.2) is 14.6 Å². The summed E-state index contributed by atoms with van der Waals surface area (Å²) in [5.74, 6) is 1.82. The van der Waals surface area contributed by atoms with Crippen LogP contribution in [0.4, 0.5) is 0 Å². The highest BCUT2D eigenvalue weighted by molar-refractivity contribution is 7.15. The third-order valence-corrected chi connectivity index (χ3v) is 7.38. The van der Waals surface area contributed by atoms with E-state index in [4.69, 9.17) is 9.15 Å². The summed E-state index contributed by atoms with van der Waals surface area (Å²) in [6, 6.07) is 25.7. The molecule has 0 aliphatic carbocycles. The van der Waals surface area contributed by atoms with E-state index in [2.05, 4.69) is 16.2 Å². The summed E-state index contributed by atoms with van der Waals surface area (Å²) in [5.41, 5.74) is 4.41. The van der Waals surface area contributed by atoms with Gasteiger partial charge in [0.25, 0.3) is 5.56 Å². The van der Waals surface area contributed by atoms with Gasteiger partial charge in [-0.3, -0.25) is 4.79 Å². The molecule has 0 saturated heterocycles. The number of nitrogens with zero attached hydrogens (tertiary/aromatic N) is 3. The molecule has 0 saturated carbocycles. The summed E-state index contributed by atoms with van der Waals surface area (Å²) in [5, 5.41) is 5.52. The molecule has 0 fully saturated rings. The summed E-state index contributed by atoms with van der Waals surface area (Å²) < 4.78 is 14.3. The molecule has 0 bridgehead atoms. The molecule has 0 radical (unpaired) electrons. The second-order valence-electron chi connectivity index (χ2n) is 8.69. The molecule has 6 aromatic rings. The minimum atomic E-state index is -0.323. The number of aryl methyl sites for hydroxylation is 1. The lowest BCUT2D eigenvalue weighted by Gasteiger charge is -2.26. The van der Waals surface area contributed by atoms with Crippen molar-refractivity contribution in [2.75, 3.05) is 0 Å². The molecule has 1 unspecified atom stereocenters. The van der Waals surface area contributed by atoms with E-state index in [0.717, 1.165) is 39.0 Å². The van der Waals surface area contributed by atoms with Crippen molar-refractivity contribution < 1.29 is 9.15 Å². The molecule has 0 spiro atoms. The van der Waals surface area contributed by atoms with Gasteiger partial charge in [-0.1, -0.05) is 78.1 Å². The van der Waals surface area contributed by atoms with E-state index in [0.29, 0.717) is 21.1 Å². The number of para-hydroxylation sites is 2. The standard InChI is InChI=1S/C29H19N3O3S/c1-17-21-12-6-8-14-23(21)35-25(17)27-30-29-32(31-27)28(33)24(36-29)16-20-15-19-11-5-7-13-22(19)34-26(20)18-9-3-2-4-10-18/h2-16,26H,1H3. The van der Waals surface area contributed by atoms with Crippen molar-refractivity contribution >= 4 is 39.4 Å². The van der Waals surface area contributed by atoms with Gasteiger partial charge in [-0.2, -0.15) is 9.50 Å². The third kappa shape index (κ3) is 3.28. The van der Waals surface area contributed by atoms with Crippen molar-refractivity contribution in [1.82, 2.24) is 14.6 Å². The predicted molar refractivity (Wildman–Crippen MR) is 141 cm³/mol. The van der Waals surface area contributed by atoms with E-state index in [1.165, 1.54) is 15.9 Å². The number of hydrogen-bond donors (Lipinski definition) is 0. The SMILES string of the molecule is Cc1c(-c2nc3sc(=CC4=Cc5ccccc5OC4c4ccccc4)c(=O)n3n2)oc2ccccc12. The Bertz CT molecular complexity index is 1910. The van der Waals surface area contributed by atoms with Crippen molar-refractivity contribution in [3.8, 4) is 17.3 Å². The number of fused-ring (bicyclic) bond motifs is 3. The van der Waals surface area contributed by atoms with Crippen molar-refractivity contribution in [2.45, 2.75) is 13.0 Å². The van der Waals surface area contributed by atoms with Gasteiger partial charge in [0.1, 0.15) is 17.4 Å². The summed E-state index contributed by atoms with van der Waals surface area (Å²) in [6.07, 6.45) is 3.65. The third-order valence-electron chi connectivity index (χ3n) is 6.42. The number of ether oxygens (including phenoxy) is 1. The fourth-order valence-electron chi connectivity index (χ4n) is 4.63. The highest BCUT2D eigenvalue weighted by Gasteiger charge is 2.24. The van der Waals surface area contributed by atoms with Gasteiger partial charge in [-0.15, -0.1) is 5.10 Å². The van der Waals surface area contributed by atoms with E-state index < -0.39 is 0 Å². The molecule has 0 N–H and O–H groups in total. The van der Waals surface area contributed by atoms with Gasteiger partial charge in [0.2, 0.25) is 10.8 Å². The Morgan fingerprint density at radius 3 is 2.58 bits per heavy atom. The molecule has 3 aromatic carbocycles. The second-order valence-corrected chi connectivity index (χ2v) is 9.70. The molecule has 1 aliphatic heterocycles. The smallest absolute Gasteiger partial charge is 0.291 e. The highest BCUT2D eigenvalue weighted by atomic mass is 32.1. The van der Waals surface area contributed by atoms with Crippen LogP contribution >= 0.6 is 11.3 Å². The van der Waals surface area contributed by atoms with Crippen molar-refractivity contribution in [1.29, 1.82) is 0 Å². The average Bonchev–Trinajstić information content (AvgIpc) is 3.57. The zero-order valence-corrected chi connectivity index (χ0v) is 20.0. The number of rotatable bonds is 3. The van der Waals surface area contributed by atoms with E-state index in [1.807, 2.05) is 91.9 Å². The van der Waals surface area contributed by atoms with E-state index in [1.54, 1.807) is 0 Å². The fourth-order valence-corrected chi connectivity index (χ4v) is 5.54. The zero-order chi connectivity index (χ0) is 24.2. The lowest BCUT2D eigenvalue weighted by molar-refractivity contribution is 0.244. The summed E-state index contributed by atoms with van der Waals surface area (Å²) in [7, 11) is 0. The first-order valence-corrected chi connectivity index (χ1v) is 12.4. The highest BCUT2D eigenvalue weighted by Crippen LogP contribution is 2.38. The maximum Gasteiger partial charge on any atom is 0.291 e.